The van der Waals surface area contributed by atoms with E-state index in [1.807, 2.05) is 0 Å². The summed E-state index contributed by atoms with van der Waals surface area (Å²) >= 11 is 0. The smallest absolute Gasteiger partial charge is 0.351 e. The molecule has 0 radical (unpaired) electrons. The predicted molar refractivity (Wildman–Crippen MR) is 157 cm³/mol. The van der Waals surface area contributed by atoms with Gasteiger partial charge in [0.15, 0.2) is 36.2 Å². The first-order valence-electron chi connectivity index (χ1n) is 15.2. The Labute approximate surface area is 285 Å². The van der Waals surface area contributed by atoms with Crippen LogP contribution in [0.15, 0.2) is 35.6 Å². The number of fused-ring (bicyclic) bond motifs is 1. The zero-order chi connectivity index (χ0) is 37.5. The molecule has 0 bridgehead atoms. The van der Waals surface area contributed by atoms with Crippen LogP contribution in [-0.2, 0) is 39.8 Å². The number of ether oxygens (including phenoxy) is 4. The van der Waals surface area contributed by atoms with Crippen LogP contribution in [0.1, 0.15) is 12.0 Å². The number of rotatable bonds is 10. The molecule has 1 aromatic rings. The molecule has 12 atom stereocenters. The number of carboxylic acid groups (broad SMARTS) is 4. The molecule has 0 aromatic heterocycles. The molecule has 0 spiro atoms. The summed E-state index contributed by atoms with van der Waals surface area (Å²) in [6, 6.07) is -0.387. The molecule has 51 heavy (non-hydrogen) atoms. The van der Waals surface area contributed by atoms with Crippen molar-refractivity contribution in [3.63, 3.8) is 0 Å². The zero-order valence-electron chi connectivity index (χ0n) is 26.0. The zero-order valence-corrected chi connectivity index (χ0v) is 26.0. The van der Waals surface area contributed by atoms with Crippen molar-refractivity contribution < 1.29 is 98.9 Å². The summed E-state index contributed by atoms with van der Waals surface area (Å²) in [5.41, 5.74) is 0.169. The highest BCUT2D eigenvalue weighted by Crippen LogP contribution is 2.41. The first-order chi connectivity index (χ1) is 24.0. The maximum absolute atomic E-state index is 12.1. The molecular formula is C30H34N2O19. The maximum Gasteiger partial charge on any atom is 0.351 e. The average Bonchev–Trinajstić information content (AvgIpc) is 3.43. The third kappa shape index (κ3) is 7.51. The minimum atomic E-state index is -2.10. The number of hydrogen-bond donors (Lipinski definition) is 11. The topological polar surface area (TPSA) is 346 Å². The quantitative estimate of drug-likeness (QED) is 0.100. The SMILES string of the molecule is O=C(O)C1=C/C(=C/C=[N+]2c3cc(O)c(O[C@@H]4O[C@H](CO)[C@@H](O)[C@@H](O)[C@H]4O[C@@H]4O[C@H](C(=O)O)[C@@H](O)[C@@H](O)[C@H]4O)cc3C[C@H]2C(=O)[O-])C[C@@H](C(=O)O)N1. The molecule has 11 N–H and O–H groups in total. The Kier molecular flexibility index (Phi) is 10.9. The van der Waals surface area contributed by atoms with E-state index in [0.29, 0.717) is 0 Å². The second-order valence-corrected chi connectivity index (χ2v) is 12.0. The molecular weight excluding hydrogens is 692 g/mol. The van der Waals surface area contributed by atoms with E-state index in [2.05, 4.69) is 5.32 Å². The number of aliphatic carboxylic acids is 4. The number of nitrogens with zero attached hydrogens (tertiary/aromatic N) is 1. The monoisotopic (exact) mass is 726 g/mol. The summed E-state index contributed by atoms with van der Waals surface area (Å²) in [4.78, 5) is 46.7. The van der Waals surface area contributed by atoms with E-state index in [9.17, 15) is 75.3 Å². The number of carbonyl (C=O) groups excluding carboxylic acids is 1. The summed E-state index contributed by atoms with van der Waals surface area (Å²) in [6.45, 7) is -0.866. The number of carbonyl (C=O) groups is 4. The molecule has 4 heterocycles. The van der Waals surface area contributed by atoms with Gasteiger partial charge in [-0.15, -0.1) is 0 Å². The molecule has 0 amide bonds. The van der Waals surface area contributed by atoms with E-state index in [1.165, 1.54) is 29.0 Å². The third-order valence-electron chi connectivity index (χ3n) is 8.71. The second kappa shape index (κ2) is 14.9. The van der Waals surface area contributed by atoms with Crippen molar-refractivity contribution >= 4 is 35.8 Å². The highest BCUT2D eigenvalue weighted by atomic mass is 16.8. The lowest BCUT2D eigenvalue weighted by Crippen LogP contribution is -2.65. The predicted octanol–water partition coefficient (Wildman–Crippen LogP) is -5.78. The largest absolute Gasteiger partial charge is 0.543 e. The Balaban J connectivity index is 1.46. The summed E-state index contributed by atoms with van der Waals surface area (Å²) in [7, 11) is 0. The number of nitrogens with one attached hydrogen (secondary N) is 1. The molecule has 0 unspecified atom stereocenters. The van der Waals surface area contributed by atoms with Gasteiger partial charge < -0.3 is 85.2 Å². The lowest BCUT2D eigenvalue weighted by Gasteiger charge is -2.45. The van der Waals surface area contributed by atoms with Crippen LogP contribution in [0.4, 0.5) is 5.69 Å². The first kappa shape index (κ1) is 37.5. The number of aliphatic hydroxyl groups is 6. The van der Waals surface area contributed by atoms with Gasteiger partial charge in [0.1, 0.15) is 54.3 Å². The number of allylic oxidation sites excluding steroid dienone is 2. The molecule has 1 aromatic carbocycles. The van der Waals surface area contributed by atoms with Gasteiger partial charge in [0.05, 0.1) is 12.7 Å². The van der Waals surface area contributed by atoms with Crippen LogP contribution < -0.4 is 15.2 Å². The number of phenolic OH excluding ortho intramolecular Hbond substituents is 1. The molecule has 5 rings (SSSR count). The van der Waals surface area contributed by atoms with E-state index in [1.54, 1.807) is 0 Å². The van der Waals surface area contributed by atoms with Crippen molar-refractivity contribution in [1.82, 2.24) is 5.32 Å². The fourth-order valence-corrected chi connectivity index (χ4v) is 6.02. The van der Waals surface area contributed by atoms with Crippen molar-refractivity contribution in [2.24, 2.45) is 0 Å². The van der Waals surface area contributed by atoms with E-state index >= 15 is 0 Å². The van der Waals surface area contributed by atoms with Crippen LogP contribution >= 0.6 is 0 Å². The molecule has 278 valence electrons. The number of carboxylic acids is 4. The van der Waals surface area contributed by atoms with Crippen molar-refractivity contribution in [2.45, 2.75) is 86.3 Å². The normalized spacial score (nSPS) is 36.5. The van der Waals surface area contributed by atoms with Gasteiger partial charge in [-0.25, -0.2) is 14.4 Å². The molecule has 21 heteroatoms. The average molecular weight is 727 g/mol. The van der Waals surface area contributed by atoms with Crippen molar-refractivity contribution in [1.29, 1.82) is 0 Å². The summed E-state index contributed by atoms with van der Waals surface area (Å²) < 4.78 is 23.1. The van der Waals surface area contributed by atoms with E-state index in [4.69, 9.17) is 18.9 Å². The molecule has 0 saturated carbocycles. The van der Waals surface area contributed by atoms with E-state index in [0.717, 1.165) is 6.07 Å². The fraction of sp³-hybridized carbons (Fsp3) is 0.500. The lowest BCUT2D eigenvalue weighted by molar-refractivity contribution is -0.475. The van der Waals surface area contributed by atoms with Crippen molar-refractivity contribution in [2.75, 3.05) is 6.61 Å². The Morgan fingerprint density at radius 1 is 0.922 bits per heavy atom. The van der Waals surface area contributed by atoms with E-state index < -0.39 is 121 Å². The lowest BCUT2D eigenvalue weighted by atomic mass is 9.97. The van der Waals surface area contributed by atoms with Crippen LogP contribution in [0, 0.1) is 0 Å². The highest BCUT2D eigenvalue weighted by Gasteiger charge is 2.53. The third-order valence-corrected chi connectivity index (χ3v) is 8.71. The van der Waals surface area contributed by atoms with Gasteiger partial charge >= 0.3 is 17.9 Å². The standard InChI is InChI=1S/C30H34N2O19/c33-8-17-18(35)20(37)24(51-29-22(39)19(36)21(38)23(50-29)28(46)47)30(49-17)48-16-6-10-5-14(27(44)45)32(13(10)7-15(16)34)2-1-9-3-11(25(40)41)31-12(4-9)26(42)43/h1-3,6-7,12,14,17-24,29-30,33,35-39H,4-5,8H2,(H5,34,40,41,42,43,44,45,46,47)/t12-,14-,17+,18+,19+,20+,21-,22+,23-,24+,29-,30+/m0/s1. The Bertz CT molecular complexity index is 1660. The van der Waals surface area contributed by atoms with Crippen LogP contribution in [0.5, 0.6) is 11.5 Å². The molecule has 0 aliphatic carbocycles. The number of phenols is 1. The first-order valence-corrected chi connectivity index (χ1v) is 15.2. The van der Waals surface area contributed by atoms with Gasteiger partial charge in [-0.1, -0.05) is 0 Å². The molecule has 2 saturated heterocycles. The van der Waals surface area contributed by atoms with Crippen LogP contribution in [0.2, 0.25) is 0 Å². The fourth-order valence-electron chi connectivity index (χ4n) is 6.02. The molecule has 4 aliphatic heterocycles. The van der Waals surface area contributed by atoms with Crippen molar-refractivity contribution in [3.8, 4) is 11.5 Å². The summed E-state index contributed by atoms with van der Waals surface area (Å²) in [6.07, 6.45) is -16.2. The van der Waals surface area contributed by atoms with Gasteiger partial charge in [0.2, 0.25) is 18.0 Å². The van der Waals surface area contributed by atoms with E-state index in [-0.39, 0.29) is 29.7 Å². The summed E-state index contributed by atoms with van der Waals surface area (Å²) in [5, 5.41) is 115. The van der Waals surface area contributed by atoms with Crippen LogP contribution in [0.25, 0.3) is 0 Å². The second-order valence-electron chi connectivity index (χ2n) is 12.0. The Morgan fingerprint density at radius 3 is 2.24 bits per heavy atom. The number of aromatic hydroxyl groups is 1. The Hall–Kier alpha value is -4.71. The van der Waals surface area contributed by atoms with Gasteiger partial charge in [0, 0.05) is 24.5 Å². The van der Waals surface area contributed by atoms with Gasteiger partial charge in [-0.2, -0.15) is 4.58 Å². The van der Waals surface area contributed by atoms with Crippen molar-refractivity contribution in [3.05, 3.63) is 41.1 Å². The number of aliphatic hydroxyl groups excluding tert-OH is 6. The minimum absolute atomic E-state index is 0.115. The van der Waals surface area contributed by atoms with Gasteiger partial charge in [0.25, 0.3) is 0 Å². The van der Waals surface area contributed by atoms with Crippen LogP contribution in [-0.4, -0.2) is 166 Å². The maximum atomic E-state index is 12.1. The van der Waals surface area contributed by atoms with Gasteiger partial charge in [-0.3, -0.25) is 0 Å². The summed E-state index contributed by atoms with van der Waals surface area (Å²) in [5.74, 6) is -7.10. The minimum Gasteiger partial charge on any atom is -0.543 e. The molecule has 4 aliphatic rings. The van der Waals surface area contributed by atoms with Crippen LogP contribution in [0.3, 0.4) is 0 Å². The number of hydrogen-bond acceptors (Lipinski definition) is 17. The van der Waals surface area contributed by atoms with Gasteiger partial charge in [-0.05, 0) is 17.7 Å². The Morgan fingerprint density at radius 2 is 1.63 bits per heavy atom. The molecule has 2 fully saturated rings. The number of benzene rings is 1. The molecule has 21 nitrogen and oxygen atoms in total. The highest BCUT2D eigenvalue weighted by molar-refractivity contribution is 5.89.